The van der Waals surface area contributed by atoms with Gasteiger partial charge in [0.25, 0.3) is 0 Å². The van der Waals surface area contributed by atoms with Gasteiger partial charge in [-0.05, 0) is 49.7 Å². The SMILES string of the molecule is CCOC(=O)c1ccc(NC(=O)NC(C)c2ccccc2Cl)cc1. The molecule has 1 unspecified atom stereocenters. The molecule has 0 saturated heterocycles. The van der Waals surface area contributed by atoms with Crippen LogP contribution < -0.4 is 10.6 Å². The fourth-order valence-electron chi connectivity index (χ4n) is 2.17. The maximum atomic E-state index is 12.1. The third kappa shape index (κ3) is 4.73. The van der Waals surface area contributed by atoms with Gasteiger partial charge in [-0.3, -0.25) is 0 Å². The van der Waals surface area contributed by atoms with Gasteiger partial charge in [-0.25, -0.2) is 9.59 Å². The van der Waals surface area contributed by atoms with Crippen molar-refractivity contribution in [1.82, 2.24) is 5.32 Å². The number of urea groups is 1. The largest absolute Gasteiger partial charge is 0.462 e. The quantitative estimate of drug-likeness (QED) is 0.788. The Morgan fingerprint density at radius 2 is 1.79 bits per heavy atom. The number of anilines is 1. The van der Waals surface area contributed by atoms with Crippen molar-refractivity contribution in [3.63, 3.8) is 0 Å². The Morgan fingerprint density at radius 3 is 2.42 bits per heavy atom. The number of ether oxygens (including phenoxy) is 1. The Kier molecular flexibility index (Phi) is 6.21. The minimum absolute atomic E-state index is 0.238. The molecule has 0 aliphatic rings. The highest BCUT2D eigenvalue weighted by molar-refractivity contribution is 6.31. The first-order chi connectivity index (χ1) is 11.5. The lowest BCUT2D eigenvalue weighted by atomic mass is 10.1. The van der Waals surface area contributed by atoms with Crippen LogP contribution in [0.15, 0.2) is 48.5 Å². The van der Waals surface area contributed by atoms with Gasteiger partial charge in [0.2, 0.25) is 0 Å². The molecule has 0 aromatic heterocycles. The molecule has 0 heterocycles. The molecule has 0 spiro atoms. The fraction of sp³-hybridized carbons (Fsp3) is 0.222. The number of benzene rings is 2. The molecule has 24 heavy (non-hydrogen) atoms. The van der Waals surface area contributed by atoms with Gasteiger partial charge in [-0.2, -0.15) is 0 Å². The van der Waals surface area contributed by atoms with Crippen molar-refractivity contribution in [3.8, 4) is 0 Å². The number of nitrogens with one attached hydrogen (secondary N) is 2. The van der Waals surface area contributed by atoms with Crippen LogP contribution in [0.3, 0.4) is 0 Å². The van der Waals surface area contributed by atoms with Crippen molar-refractivity contribution in [2.75, 3.05) is 11.9 Å². The summed E-state index contributed by atoms with van der Waals surface area (Å²) < 4.78 is 4.91. The number of amides is 2. The molecule has 2 aromatic carbocycles. The third-order valence-electron chi connectivity index (χ3n) is 3.37. The van der Waals surface area contributed by atoms with Crippen LogP contribution in [0.5, 0.6) is 0 Å². The van der Waals surface area contributed by atoms with E-state index in [1.807, 2.05) is 25.1 Å². The smallest absolute Gasteiger partial charge is 0.338 e. The first-order valence-electron chi connectivity index (χ1n) is 7.60. The number of halogens is 1. The molecule has 0 radical (unpaired) electrons. The number of carbonyl (C=O) groups is 2. The van der Waals surface area contributed by atoms with Gasteiger partial charge in [-0.15, -0.1) is 0 Å². The number of esters is 1. The molecule has 0 fully saturated rings. The average Bonchev–Trinajstić information content (AvgIpc) is 2.56. The molecule has 0 saturated carbocycles. The highest BCUT2D eigenvalue weighted by Gasteiger charge is 2.12. The highest BCUT2D eigenvalue weighted by atomic mass is 35.5. The highest BCUT2D eigenvalue weighted by Crippen LogP contribution is 2.22. The minimum Gasteiger partial charge on any atom is -0.462 e. The molecule has 0 aliphatic carbocycles. The first-order valence-corrected chi connectivity index (χ1v) is 7.98. The molecule has 2 N–H and O–H groups in total. The van der Waals surface area contributed by atoms with Crippen molar-refractivity contribution in [2.45, 2.75) is 19.9 Å². The van der Waals surface area contributed by atoms with Gasteiger partial charge in [0, 0.05) is 10.7 Å². The van der Waals surface area contributed by atoms with Crippen LogP contribution in [0.2, 0.25) is 5.02 Å². The lowest BCUT2D eigenvalue weighted by molar-refractivity contribution is 0.0526. The second kappa shape index (κ2) is 8.36. The van der Waals surface area contributed by atoms with Crippen LogP contribution in [0.1, 0.15) is 35.8 Å². The normalized spacial score (nSPS) is 11.5. The summed E-state index contributed by atoms with van der Waals surface area (Å²) in [5.74, 6) is -0.388. The zero-order valence-electron chi connectivity index (χ0n) is 13.5. The Bertz CT molecular complexity index is 716. The Labute approximate surface area is 146 Å². The molecule has 0 bridgehead atoms. The second-order valence-corrected chi connectivity index (χ2v) is 5.55. The van der Waals surface area contributed by atoms with Gasteiger partial charge in [0.1, 0.15) is 0 Å². The predicted octanol–water partition coefficient (Wildman–Crippen LogP) is 4.40. The van der Waals surface area contributed by atoms with Crippen molar-refractivity contribution >= 4 is 29.3 Å². The number of carbonyl (C=O) groups excluding carboxylic acids is 2. The van der Waals surface area contributed by atoms with Gasteiger partial charge in [0.05, 0.1) is 18.2 Å². The van der Waals surface area contributed by atoms with E-state index in [1.54, 1.807) is 37.3 Å². The number of hydrogen-bond donors (Lipinski definition) is 2. The maximum Gasteiger partial charge on any atom is 0.338 e. The monoisotopic (exact) mass is 346 g/mol. The van der Waals surface area contributed by atoms with Gasteiger partial charge in [0.15, 0.2) is 0 Å². The van der Waals surface area contributed by atoms with Crippen molar-refractivity contribution in [1.29, 1.82) is 0 Å². The van der Waals surface area contributed by atoms with E-state index in [-0.39, 0.29) is 18.0 Å². The standard InChI is InChI=1S/C18H19ClN2O3/c1-3-24-17(22)13-8-10-14(11-9-13)21-18(23)20-12(2)15-6-4-5-7-16(15)19/h4-12H,3H2,1-2H3,(H2,20,21,23). The Balaban J connectivity index is 1.95. The summed E-state index contributed by atoms with van der Waals surface area (Å²) in [4.78, 5) is 23.6. The van der Waals surface area contributed by atoms with E-state index in [0.29, 0.717) is 22.9 Å². The van der Waals surface area contributed by atoms with Crippen LogP contribution in [0.4, 0.5) is 10.5 Å². The molecule has 1 atom stereocenters. The van der Waals surface area contributed by atoms with Gasteiger partial charge in [-0.1, -0.05) is 29.8 Å². The van der Waals surface area contributed by atoms with E-state index < -0.39 is 0 Å². The van der Waals surface area contributed by atoms with Crippen molar-refractivity contribution < 1.29 is 14.3 Å². The molecule has 2 amide bonds. The van der Waals surface area contributed by atoms with E-state index in [1.165, 1.54) is 0 Å². The Hall–Kier alpha value is -2.53. The first kappa shape index (κ1) is 17.8. The summed E-state index contributed by atoms with van der Waals surface area (Å²) in [5, 5.41) is 6.13. The van der Waals surface area contributed by atoms with Crippen LogP contribution in [0, 0.1) is 0 Å². The van der Waals surface area contributed by atoms with Gasteiger partial charge < -0.3 is 15.4 Å². The number of hydrogen-bond acceptors (Lipinski definition) is 3. The number of rotatable bonds is 5. The Morgan fingerprint density at radius 1 is 1.12 bits per heavy atom. The van der Waals surface area contributed by atoms with Crippen LogP contribution >= 0.6 is 11.6 Å². The molecule has 126 valence electrons. The van der Waals surface area contributed by atoms with Crippen molar-refractivity contribution in [3.05, 3.63) is 64.7 Å². The third-order valence-corrected chi connectivity index (χ3v) is 3.72. The van der Waals surface area contributed by atoms with E-state index in [2.05, 4.69) is 10.6 Å². The van der Waals surface area contributed by atoms with Crippen LogP contribution in [-0.2, 0) is 4.74 Å². The zero-order chi connectivity index (χ0) is 17.5. The summed E-state index contributed by atoms with van der Waals surface area (Å²) in [5.41, 5.74) is 1.85. The summed E-state index contributed by atoms with van der Waals surface area (Å²) in [6.07, 6.45) is 0. The topological polar surface area (TPSA) is 67.4 Å². The predicted molar refractivity (Wildman–Crippen MR) is 94.4 cm³/mol. The summed E-state index contributed by atoms with van der Waals surface area (Å²) in [6, 6.07) is 13.2. The lowest BCUT2D eigenvalue weighted by Crippen LogP contribution is -2.31. The average molecular weight is 347 g/mol. The van der Waals surface area contributed by atoms with Crippen LogP contribution in [0.25, 0.3) is 0 Å². The van der Waals surface area contributed by atoms with E-state index in [9.17, 15) is 9.59 Å². The molecular weight excluding hydrogens is 328 g/mol. The van der Waals surface area contributed by atoms with Gasteiger partial charge >= 0.3 is 12.0 Å². The summed E-state index contributed by atoms with van der Waals surface area (Å²) >= 11 is 6.12. The second-order valence-electron chi connectivity index (χ2n) is 5.14. The fourth-order valence-corrected chi connectivity index (χ4v) is 2.47. The lowest BCUT2D eigenvalue weighted by Gasteiger charge is -2.16. The molecule has 6 heteroatoms. The molecule has 2 rings (SSSR count). The molecular formula is C18H19ClN2O3. The van der Waals surface area contributed by atoms with E-state index >= 15 is 0 Å². The molecule has 5 nitrogen and oxygen atoms in total. The molecule has 2 aromatic rings. The summed E-state index contributed by atoms with van der Waals surface area (Å²) in [7, 11) is 0. The summed E-state index contributed by atoms with van der Waals surface area (Å²) in [6.45, 7) is 3.92. The maximum absolute atomic E-state index is 12.1. The van der Waals surface area contributed by atoms with E-state index in [4.69, 9.17) is 16.3 Å². The minimum atomic E-state index is -0.388. The molecule has 0 aliphatic heterocycles. The van der Waals surface area contributed by atoms with Crippen molar-refractivity contribution in [2.24, 2.45) is 0 Å². The van der Waals surface area contributed by atoms with E-state index in [0.717, 1.165) is 5.56 Å². The van der Waals surface area contributed by atoms with Crippen LogP contribution in [-0.4, -0.2) is 18.6 Å². The zero-order valence-corrected chi connectivity index (χ0v) is 14.3.